The first-order valence-corrected chi connectivity index (χ1v) is 15.1. The summed E-state index contributed by atoms with van der Waals surface area (Å²) in [5.41, 5.74) is 1.29. The third kappa shape index (κ3) is 15.2. The Hall–Kier alpha value is -9.53. The van der Waals surface area contributed by atoms with E-state index in [-0.39, 0.29) is 39.7 Å². The van der Waals surface area contributed by atoms with Crippen LogP contribution in [0, 0.1) is 89.4 Å². The molecular formula is C40H26N8O8. The minimum Gasteiger partial charge on any atom is -0.508 e. The van der Waals surface area contributed by atoms with Crippen LogP contribution in [0.25, 0.3) is 24.0 Å². The van der Waals surface area contributed by atoms with E-state index in [1.807, 2.05) is 6.07 Å². The number of phenols is 4. The molecule has 0 amide bonds. The van der Waals surface area contributed by atoms with E-state index >= 15 is 0 Å². The summed E-state index contributed by atoms with van der Waals surface area (Å²) < 4.78 is 4.89. The van der Waals surface area contributed by atoms with Gasteiger partial charge in [-0.2, -0.15) is 36.8 Å². The van der Waals surface area contributed by atoms with Gasteiger partial charge < -0.3 is 30.3 Å². The zero-order chi connectivity index (χ0) is 42.0. The maximum atomic E-state index is 10.4. The Morgan fingerprint density at radius 2 is 1.11 bits per heavy atom. The van der Waals surface area contributed by atoms with Gasteiger partial charge in [0, 0.05) is 17.7 Å². The fraction of sp³-hybridized carbons (Fsp3) is 0.0250. The van der Waals surface area contributed by atoms with Crippen LogP contribution in [-0.4, -0.2) is 37.6 Å². The van der Waals surface area contributed by atoms with Gasteiger partial charge in [-0.1, -0.05) is 18.2 Å². The van der Waals surface area contributed by atoms with Crippen molar-refractivity contribution in [3.8, 4) is 71.2 Å². The Balaban J connectivity index is 0.000000376. The molecule has 0 saturated heterocycles. The molecule has 4 aromatic carbocycles. The van der Waals surface area contributed by atoms with E-state index in [9.17, 15) is 25.4 Å². The van der Waals surface area contributed by atoms with Crippen LogP contribution in [0.3, 0.4) is 0 Å². The molecule has 0 atom stereocenters. The molecule has 0 unspecified atom stereocenters. The lowest BCUT2D eigenvalue weighted by atomic mass is 10.1. The Morgan fingerprint density at radius 3 is 1.54 bits per heavy atom. The molecule has 4 aromatic rings. The van der Waals surface area contributed by atoms with Crippen LogP contribution in [0.15, 0.2) is 108 Å². The summed E-state index contributed by atoms with van der Waals surface area (Å²) in [6.45, 7) is 0. The molecule has 16 heteroatoms. The molecule has 0 bridgehead atoms. The number of aliphatic hydroxyl groups is 1. The van der Waals surface area contributed by atoms with Crippen molar-refractivity contribution in [3.05, 3.63) is 140 Å². The molecular weight excluding hydrogens is 720 g/mol. The van der Waals surface area contributed by atoms with Crippen molar-refractivity contribution >= 4 is 29.7 Å². The number of nitro benzene ring substituents is 1. The number of ether oxygens (including phenoxy) is 1. The standard InChI is InChI=1S/C11H8N2O2.C10H5N3O3.C10H6N2O2.C9H7NO/c1-15-11-5-8(2-3-10(11)14)4-9(6-12)7-13;11-5-8(6-12)3-7-1-2-9(13(15)16)10(14)4-7;11-5-8(6-12)10(14)7-1-3-9(13)4-2-7;10-7-1-2-8-3-5-9(11)6-4-8/h2-5,14H,1H3;1-4,14H;1-4,13-14H;1-6,11H. The van der Waals surface area contributed by atoms with Crippen molar-refractivity contribution in [1.82, 2.24) is 0 Å². The number of rotatable bonds is 6. The third-order valence-corrected chi connectivity index (χ3v) is 6.35. The topological polar surface area (TPSA) is 320 Å². The minimum atomic E-state index is -0.724. The molecule has 0 aliphatic rings. The molecule has 0 saturated carbocycles. The summed E-state index contributed by atoms with van der Waals surface area (Å²) >= 11 is 0. The summed E-state index contributed by atoms with van der Waals surface area (Å²) in [6.07, 6.45) is 5.72. The zero-order valence-electron chi connectivity index (χ0n) is 28.9. The predicted molar refractivity (Wildman–Crippen MR) is 199 cm³/mol. The number of allylic oxidation sites excluding steroid dienone is 4. The molecule has 0 fully saturated rings. The molecule has 4 rings (SSSR count). The number of methoxy groups -OCH3 is 1. The quantitative estimate of drug-likeness (QED) is 0.0563. The largest absolute Gasteiger partial charge is 0.508 e. The van der Waals surface area contributed by atoms with Gasteiger partial charge in [0.2, 0.25) is 0 Å². The fourth-order valence-electron chi connectivity index (χ4n) is 3.69. The molecule has 5 N–H and O–H groups in total. The van der Waals surface area contributed by atoms with Crippen LogP contribution in [0.5, 0.6) is 28.7 Å². The number of hydrogen-bond acceptors (Lipinski definition) is 15. The zero-order valence-corrected chi connectivity index (χ0v) is 28.9. The predicted octanol–water partition coefficient (Wildman–Crippen LogP) is 7.20. The Kier molecular flexibility index (Phi) is 18.9. The number of benzene rings is 4. The summed E-state index contributed by atoms with van der Waals surface area (Å²) in [5, 5.41) is 115. The molecule has 0 heterocycles. The average molecular weight is 747 g/mol. The number of nitro groups is 1. The van der Waals surface area contributed by atoms with Crippen molar-refractivity contribution in [2.24, 2.45) is 0 Å². The van der Waals surface area contributed by atoms with Crippen LogP contribution in [0.4, 0.5) is 5.69 Å². The van der Waals surface area contributed by atoms with Crippen LogP contribution in [-0.2, 0) is 0 Å². The van der Waals surface area contributed by atoms with Gasteiger partial charge in [-0.25, -0.2) is 0 Å². The SMILES string of the molecule is COc1cc(C=C(C#N)C#N)ccc1O.N#CC(C#N)=C(O)c1ccc(O)cc1.N#CC(C#N)=Cc1ccc([N+](=O)[O-])c(O)c1.N#CC=Cc1ccc(O)cc1. The Labute approximate surface area is 319 Å². The normalized spacial score (nSPS) is 8.75. The Morgan fingerprint density at radius 1 is 0.643 bits per heavy atom. The molecule has 0 spiro atoms. The first-order chi connectivity index (χ1) is 26.8. The van der Waals surface area contributed by atoms with E-state index < -0.39 is 16.4 Å². The molecule has 0 aliphatic carbocycles. The van der Waals surface area contributed by atoms with Crippen LogP contribution < -0.4 is 4.74 Å². The van der Waals surface area contributed by atoms with Crippen molar-refractivity contribution < 1.29 is 35.2 Å². The van der Waals surface area contributed by atoms with Crippen molar-refractivity contribution in [1.29, 1.82) is 36.8 Å². The van der Waals surface area contributed by atoms with Gasteiger partial charge in [0.25, 0.3) is 0 Å². The van der Waals surface area contributed by atoms with Gasteiger partial charge in [0.1, 0.15) is 59.1 Å². The fourth-order valence-corrected chi connectivity index (χ4v) is 3.69. The van der Waals surface area contributed by atoms with Crippen LogP contribution >= 0.6 is 0 Å². The molecule has 0 radical (unpaired) electrons. The second-order valence-electron chi connectivity index (χ2n) is 10.0. The average Bonchev–Trinajstić information content (AvgIpc) is 3.20. The second kappa shape index (κ2) is 23.8. The van der Waals surface area contributed by atoms with Gasteiger partial charge in [-0.3, -0.25) is 10.1 Å². The number of aliphatic hydroxyl groups excluding tert-OH is 1. The van der Waals surface area contributed by atoms with E-state index in [1.54, 1.807) is 78.9 Å². The Bertz CT molecular complexity index is 2410. The number of hydrogen-bond donors (Lipinski definition) is 5. The summed E-state index contributed by atoms with van der Waals surface area (Å²) in [7, 11) is 1.43. The number of aromatic hydroxyl groups is 4. The highest BCUT2D eigenvalue weighted by Crippen LogP contribution is 2.28. The van der Waals surface area contributed by atoms with Crippen molar-refractivity contribution in [2.45, 2.75) is 0 Å². The highest BCUT2D eigenvalue weighted by molar-refractivity contribution is 5.70. The van der Waals surface area contributed by atoms with Gasteiger partial charge in [0.05, 0.1) is 18.1 Å². The monoisotopic (exact) mass is 746 g/mol. The third-order valence-electron chi connectivity index (χ3n) is 6.35. The maximum absolute atomic E-state index is 10.4. The molecule has 0 aromatic heterocycles. The van der Waals surface area contributed by atoms with E-state index in [4.69, 9.17) is 51.8 Å². The molecule has 0 aliphatic heterocycles. The number of phenolic OH excluding ortho intramolecular Hbond substituents is 4. The summed E-state index contributed by atoms with van der Waals surface area (Å²) in [5.74, 6) is -0.274. The lowest BCUT2D eigenvalue weighted by Gasteiger charge is -2.03. The maximum Gasteiger partial charge on any atom is 0.310 e. The first kappa shape index (κ1) is 44.5. The van der Waals surface area contributed by atoms with E-state index in [1.165, 1.54) is 61.7 Å². The van der Waals surface area contributed by atoms with Gasteiger partial charge in [-0.15, -0.1) is 0 Å². The van der Waals surface area contributed by atoms with Gasteiger partial charge >= 0.3 is 5.69 Å². The number of nitrogens with zero attached hydrogens (tertiary/aromatic N) is 8. The molecule has 16 nitrogen and oxygen atoms in total. The van der Waals surface area contributed by atoms with Crippen LogP contribution in [0.2, 0.25) is 0 Å². The first-order valence-electron chi connectivity index (χ1n) is 15.1. The highest BCUT2D eigenvalue weighted by atomic mass is 16.6. The summed E-state index contributed by atoms with van der Waals surface area (Å²) in [6, 6.07) is 32.1. The van der Waals surface area contributed by atoms with Gasteiger partial charge in [0.15, 0.2) is 28.6 Å². The molecule has 56 heavy (non-hydrogen) atoms. The van der Waals surface area contributed by atoms with Crippen LogP contribution in [0.1, 0.15) is 22.3 Å². The lowest BCUT2D eigenvalue weighted by Crippen LogP contribution is -1.88. The van der Waals surface area contributed by atoms with E-state index in [0.29, 0.717) is 22.4 Å². The van der Waals surface area contributed by atoms with E-state index in [2.05, 4.69) is 0 Å². The second-order valence-corrected chi connectivity index (χ2v) is 10.0. The highest BCUT2D eigenvalue weighted by Gasteiger charge is 2.12. The van der Waals surface area contributed by atoms with Crippen molar-refractivity contribution in [3.63, 3.8) is 0 Å². The van der Waals surface area contributed by atoms with E-state index in [0.717, 1.165) is 17.7 Å². The van der Waals surface area contributed by atoms with Gasteiger partial charge in [-0.05, 0) is 95.6 Å². The number of nitriles is 7. The summed E-state index contributed by atoms with van der Waals surface area (Å²) in [4.78, 5) is 9.67. The lowest BCUT2D eigenvalue weighted by molar-refractivity contribution is -0.385. The van der Waals surface area contributed by atoms with Crippen molar-refractivity contribution in [2.75, 3.05) is 7.11 Å². The smallest absolute Gasteiger partial charge is 0.310 e. The minimum absolute atomic E-state index is 0.00254. The molecule has 274 valence electrons.